The molecule has 2 fully saturated rings. The van der Waals surface area contributed by atoms with Crippen molar-refractivity contribution in [1.29, 1.82) is 0 Å². The Kier molecular flexibility index (Phi) is 2.63. The fraction of sp³-hybridized carbons (Fsp3) is 1.00. The zero-order chi connectivity index (χ0) is 10.3. The summed E-state index contributed by atoms with van der Waals surface area (Å²) in [6.45, 7) is 9.37. The fourth-order valence-corrected chi connectivity index (χ4v) is 3.58. The van der Waals surface area contributed by atoms with Gasteiger partial charge in [-0.3, -0.25) is 0 Å². The molecule has 1 aliphatic heterocycles. The SMILES string of the molecule is CC1CC[C@]2(C(C)C)CC(C)O[C@@H]2C1. The van der Waals surface area contributed by atoms with E-state index in [0.29, 0.717) is 17.6 Å². The molecule has 2 aliphatic rings. The Bertz CT molecular complexity index is 211. The van der Waals surface area contributed by atoms with Crippen LogP contribution in [0.4, 0.5) is 0 Å². The first-order valence-electron chi connectivity index (χ1n) is 6.20. The maximum atomic E-state index is 6.10. The molecule has 0 amide bonds. The van der Waals surface area contributed by atoms with Crippen molar-refractivity contribution in [2.45, 2.75) is 65.6 Å². The maximum absolute atomic E-state index is 6.10. The van der Waals surface area contributed by atoms with Gasteiger partial charge in [0.05, 0.1) is 12.2 Å². The van der Waals surface area contributed by atoms with Crippen LogP contribution in [0.5, 0.6) is 0 Å². The van der Waals surface area contributed by atoms with E-state index in [0.717, 1.165) is 11.8 Å². The van der Waals surface area contributed by atoms with Gasteiger partial charge in [-0.25, -0.2) is 0 Å². The maximum Gasteiger partial charge on any atom is 0.0640 e. The minimum absolute atomic E-state index is 0.493. The van der Waals surface area contributed by atoms with Crippen molar-refractivity contribution in [2.75, 3.05) is 0 Å². The van der Waals surface area contributed by atoms with Gasteiger partial charge in [0.25, 0.3) is 0 Å². The molecule has 14 heavy (non-hydrogen) atoms. The molecule has 1 saturated carbocycles. The number of hydrogen-bond donors (Lipinski definition) is 0. The summed E-state index contributed by atoms with van der Waals surface area (Å²) in [7, 11) is 0. The van der Waals surface area contributed by atoms with E-state index >= 15 is 0 Å². The zero-order valence-corrected chi connectivity index (χ0v) is 10.0. The molecule has 0 bridgehead atoms. The molecule has 0 spiro atoms. The van der Waals surface area contributed by atoms with E-state index in [9.17, 15) is 0 Å². The lowest BCUT2D eigenvalue weighted by atomic mass is 9.62. The van der Waals surface area contributed by atoms with E-state index in [1.807, 2.05) is 0 Å². The standard InChI is InChI=1S/C13H24O/c1-9(2)13-6-5-10(3)7-12(13)14-11(4)8-13/h9-12H,5-8H2,1-4H3/t10?,11?,12-,13-/m1/s1. The van der Waals surface area contributed by atoms with Crippen molar-refractivity contribution in [1.82, 2.24) is 0 Å². The first kappa shape index (κ1) is 10.5. The van der Waals surface area contributed by atoms with Crippen LogP contribution in [-0.4, -0.2) is 12.2 Å². The summed E-state index contributed by atoms with van der Waals surface area (Å²) in [5.74, 6) is 1.65. The van der Waals surface area contributed by atoms with Gasteiger partial charge in [-0.05, 0) is 44.4 Å². The summed E-state index contributed by atoms with van der Waals surface area (Å²) >= 11 is 0. The second-order valence-corrected chi connectivity index (χ2v) is 5.91. The molecule has 0 radical (unpaired) electrons. The van der Waals surface area contributed by atoms with Crippen molar-refractivity contribution in [3.63, 3.8) is 0 Å². The Morgan fingerprint density at radius 3 is 2.64 bits per heavy atom. The van der Waals surface area contributed by atoms with Crippen LogP contribution in [0.2, 0.25) is 0 Å². The zero-order valence-electron chi connectivity index (χ0n) is 10.0. The number of hydrogen-bond acceptors (Lipinski definition) is 1. The predicted octanol–water partition coefficient (Wildman–Crippen LogP) is 3.63. The van der Waals surface area contributed by atoms with Crippen molar-refractivity contribution in [2.24, 2.45) is 17.3 Å². The molecule has 0 aromatic heterocycles. The summed E-state index contributed by atoms with van der Waals surface area (Å²) in [5, 5.41) is 0. The van der Waals surface area contributed by atoms with Gasteiger partial charge in [0.1, 0.15) is 0 Å². The van der Waals surface area contributed by atoms with Gasteiger partial charge in [0, 0.05) is 5.41 Å². The van der Waals surface area contributed by atoms with Crippen LogP contribution in [-0.2, 0) is 4.74 Å². The van der Waals surface area contributed by atoms with Gasteiger partial charge in [0.2, 0.25) is 0 Å². The van der Waals surface area contributed by atoms with Gasteiger partial charge in [-0.15, -0.1) is 0 Å². The molecule has 4 atom stereocenters. The highest BCUT2D eigenvalue weighted by atomic mass is 16.5. The van der Waals surface area contributed by atoms with Crippen LogP contribution >= 0.6 is 0 Å². The van der Waals surface area contributed by atoms with E-state index in [4.69, 9.17) is 4.74 Å². The van der Waals surface area contributed by atoms with Gasteiger partial charge in [0.15, 0.2) is 0 Å². The van der Waals surface area contributed by atoms with E-state index in [1.165, 1.54) is 25.7 Å². The molecule has 1 heterocycles. The molecule has 2 unspecified atom stereocenters. The number of rotatable bonds is 1. The van der Waals surface area contributed by atoms with Crippen molar-refractivity contribution < 1.29 is 4.74 Å². The normalized spacial score (nSPS) is 48.2. The van der Waals surface area contributed by atoms with Crippen LogP contribution in [0.1, 0.15) is 53.4 Å². The Morgan fingerprint density at radius 2 is 2.00 bits per heavy atom. The summed E-state index contributed by atoms with van der Waals surface area (Å²) in [4.78, 5) is 0. The molecule has 2 rings (SSSR count). The minimum atomic E-state index is 0.493. The fourth-order valence-electron chi connectivity index (χ4n) is 3.58. The Balaban J connectivity index is 2.19. The average molecular weight is 196 g/mol. The third-order valence-electron chi connectivity index (χ3n) is 4.57. The molecule has 1 saturated heterocycles. The Morgan fingerprint density at radius 1 is 1.29 bits per heavy atom. The van der Waals surface area contributed by atoms with Crippen LogP contribution in [0, 0.1) is 17.3 Å². The third kappa shape index (κ3) is 1.50. The highest BCUT2D eigenvalue weighted by Crippen LogP contribution is 2.53. The van der Waals surface area contributed by atoms with Crippen LogP contribution in [0.25, 0.3) is 0 Å². The van der Waals surface area contributed by atoms with E-state index in [2.05, 4.69) is 27.7 Å². The van der Waals surface area contributed by atoms with Crippen LogP contribution < -0.4 is 0 Å². The first-order chi connectivity index (χ1) is 6.54. The highest BCUT2D eigenvalue weighted by molar-refractivity contribution is 4.99. The Hall–Kier alpha value is -0.0400. The highest BCUT2D eigenvalue weighted by Gasteiger charge is 2.51. The first-order valence-corrected chi connectivity index (χ1v) is 6.20. The third-order valence-corrected chi connectivity index (χ3v) is 4.57. The van der Waals surface area contributed by atoms with E-state index in [1.54, 1.807) is 0 Å². The average Bonchev–Trinajstić information content (AvgIpc) is 2.41. The lowest BCUT2D eigenvalue weighted by Crippen LogP contribution is -2.40. The van der Waals surface area contributed by atoms with E-state index < -0.39 is 0 Å². The van der Waals surface area contributed by atoms with Gasteiger partial charge in [-0.2, -0.15) is 0 Å². The monoisotopic (exact) mass is 196 g/mol. The molecule has 82 valence electrons. The summed E-state index contributed by atoms with van der Waals surface area (Å²) in [6.07, 6.45) is 6.44. The summed E-state index contributed by atoms with van der Waals surface area (Å²) in [5.41, 5.74) is 0.520. The van der Waals surface area contributed by atoms with Gasteiger partial charge in [-0.1, -0.05) is 20.8 Å². The van der Waals surface area contributed by atoms with Gasteiger partial charge < -0.3 is 4.74 Å². The second kappa shape index (κ2) is 3.52. The van der Waals surface area contributed by atoms with Crippen LogP contribution in [0.3, 0.4) is 0 Å². The largest absolute Gasteiger partial charge is 0.375 e. The Labute approximate surface area is 88.2 Å². The lowest BCUT2D eigenvalue weighted by Gasteiger charge is -2.43. The number of ether oxygens (including phenoxy) is 1. The minimum Gasteiger partial charge on any atom is -0.375 e. The molecule has 1 heteroatoms. The van der Waals surface area contributed by atoms with Crippen molar-refractivity contribution in [3.8, 4) is 0 Å². The number of fused-ring (bicyclic) bond motifs is 1. The topological polar surface area (TPSA) is 9.23 Å². The lowest BCUT2D eigenvalue weighted by molar-refractivity contribution is -0.0389. The van der Waals surface area contributed by atoms with E-state index in [-0.39, 0.29) is 0 Å². The smallest absolute Gasteiger partial charge is 0.0640 e. The molecule has 0 N–H and O–H groups in total. The summed E-state index contributed by atoms with van der Waals surface area (Å²) in [6, 6.07) is 0. The second-order valence-electron chi connectivity index (χ2n) is 5.91. The quantitative estimate of drug-likeness (QED) is 0.622. The predicted molar refractivity (Wildman–Crippen MR) is 59.2 cm³/mol. The van der Waals surface area contributed by atoms with Crippen LogP contribution in [0.15, 0.2) is 0 Å². The van der Waals surface area contributed by atoms with Gasteiger partial charge >= 0.3 is 0 Å². The molecular formula is C13H24O. The summed E-state index contributed by atoms with van der Waals surface area (Å²) < 4.78 is 6.10. The molecule has 0 aromatic carbocycles. The molecule has 1 aliphatic carbocycles. The van der Waals surface area contributed by atoms with Crippen molar-refractivity contribution in [3.05, 3.63) is 0 Å². The molecular weight excluding hydrogens is 172 g/mol. The molecule has 1 nitrogen and oxygen atoms in total. The molecule has 0 aromatic rings. The van der Waals surface area contributed by atoms with Crippen molar-refractivity contribution >= 4 is 0 Å².